The summed E-state index contributed by atoms with van der Waals surface area (Å²) in [7, 11) is 0. The summed E-state index contributed by atoms with van der Waals surface area (Å²) in [5.74, 6) is -0.808. The maximum Gasteiger partial charge on any atom is 0.325 e. The molecule has 1 aromatic heterocycles. The van der Waals surface area contributed by atoms with Gasteiger partial charge in [0.1, 0.15) is 11.4 Å². The highest BCUT2D eigenvalue weighted by Gasteiger charge is 2.49. The molecule has 2 aromatic carbocycles. The van der Waals surface area contributed by atoms with Crippen LogP contribution in [0.2, 0.25) is 0 Å². The van der Waals surface area contributed by atoms with Crippen LogP contribution in [0.4, 0.5) is 19.3 Å². The summed E-state index contributed by atoms with van der Waals surface area (Å²) in [4.78, 5) is 40.8. The van der Waals surface area contributed by atoms with Crippen LogP contribution in [0.3, 0.4) is 0 Å². The van der Waals surface area contributed by atoms with E-state index in [-0.39, 0.29) is 17.0 Å². The highest BCUT2D eigenvalue weighted by Crippen LogP contribution is 2.32. The lowest BCUT2D eigenvalue weighted by Gasteiger charge is -2.22. The molecule has 154 valence electrons. The minimum Gasteiger partial charge on any atom is -0.319 e. The van der Waals surface area contributed by atoms with Crippen molar-refractivity contribution in [3.63, 3.8) is 0 Å². The van der Waals surface area contributed by atoms with Crippen molar-refractivity contribution in [1.29, 1.82) is 0 Å². The summed E-state index contributed by atoms with van der Waals surface area (Å²) in [6.45, 7) is -1.91. The van der Waals surface area contributed by atoms with Crippen molar-refractivity contribution >= 4 is 28.7 Å². The molecule has 3 amide bonds. The summed E-state index contributed by atoms with van der Waals surface area (Å²) in [5, 5.41) is 13.4. The molecule has 4 rings (SSSR count). The van der Waals surface area contributed by atoms with Crippen LogP contribution >= 0.6 is 0 Å². The molecule has 2 heterocycles. The van der Waals surface area contributed by atoms with Crippen molar-refractivity contribution in [3.8, 4) is 0 Å². The van der Waals surface area contributed by atoms with E-state index in [1.54, 1.807) is 18.2 Å². The number of carbonyl (C=O) groups excluding carboxylic acids is 2. The van der Waals surface area contributed by atoms with Gasteiger partial charge in [0, 0.05) is 12.1 Å². The number of nitrogens with one attached hydrogen (secondary N) is 1. The molecule has 30 heavy (non-hydrogen) atoms. The molecule has 0 saturated carbocycles. The van der Waals surface area contributed by atoms with Gasteiger partial charge in [-0.2, -0.15) is 8.78 Å². The number of imide groups is 1. The number of nitrogens with zero attached hydrogens (tertiary/aromatic N) is 4. The monoisotopic (exact) mass is 415 g/mol. The molecule has 1 aliphatic rings. The zero-order chi connectivity index (χ0) is 21.6. The first-order valence-electron chi connectivity index (χ1n) is 8.85. The molecule has 1 atom stereocenters. The zero-order valence-electron chi connectivity index (χ0n) is 15.6. The number of non-ortho nitro benzene ring substituents is 1. The van der Waals surface area contributed by atoms with Gasteiger partial charge < -0.3 is 5.32 Å². The van der Waals surface area contributed by atoms with Gasteiger partial charge in [-0.25, -0.2) is 9.78 Å². The molecule has 1 N–H and O–H groups in total. The molecule has 3 aromatic rings. The molecular weight excluding hydrogens is 400 g/mol. The zero-order valence-corrected chi connectivity index (χ0v) is 15.6. The number of benzene rings is 2. The van der Waals surface area contributed by atoms with Gasteiger partial charge in [0.2, 0.25) is 0 Å². The first-order valence-corrected chi connectivity index (χ1v) is 8.85. The van der Waals surface area contributed by atoms with E-state index < -0.39 is 35.5 Å². The summed E-state index contributed by atoms with van der Waals surface area (Å²) in [5.41, 5.74) is -0.822. The SMILES string of the molecule is C[C@@]1(c2ccc([N+](=O)[O-])cc2)NC(=O)N(Cc2nc3ccccc3n2C(F)F)C1=O. The fourth-order valence-corrected chi connectivity index (χ4v) is 3.52. The Hall–Kier alpha value is -3.89. The Morgan fingerprint density at radius 3 is 2.47 bits per heavy atom. The number of amides is 3. The first kappa shape index (κ1) is 19.4. The number of carbonyl (C=O) groups is 2. The second-order valence-electron chi connectivity index (χ2n) is 6.91. The van der Waals surface area contributed by atoms with E-state index in [0.717, 1.165) is 4.90 Å². The van der Waals surface area contributed by atoms with E-state index in [4.69, 9.17) is 0 Å². The van der Waals surface area contributed by atoms with Crippen LogP contribution in [0.15, 0.2) is 48.5 Å². The van der Waals surface area contributed by atoms with Crippen LogP contribution in [0.5, 0.6) is 0 Å². The molecule has 11 heteroatoms. The average molecular weight is 415 g/mol. The van der Waals surface area contributed by atoms with Crippen molar-refractivity contribution in [2.24, 2.45) is 0 Å². The third-order valence-corrected chi connectivity index (χ3v) is 5.09. The fourth-order valence-electron chi connectivity index (χ4n) is 3.52. The van der Waals surface area contributed by atoms with Gasteiger partial charge in [0.05, 0.1) is 22.5 Å². The molecule has 9 nitrogen and oxygen atoms in total. The summed E-state index contributed by atoms with van der Waals surface area (Å²) >= 11 is 0. The average Bonchev–Trinajstić information content (AvgIpc) is 3.19. The fraction of sp³-hybridized carbons (Fsp3) is 0.211. The predicted molar refractivity (Wildman–Crippen MR) is 101 cm³/mol. The van der Waals surface area contributed by atoms with E-state index >= 15 is 0 Å². The van der Waals surface area contributed by atoms with Gasteiger partial charge in [-0.3, -0.25) is 24.4 Å². The van der Waals surface area contributed by atoms with Crippen LogP contribution in [0.1, 0.15) is 24.9 Å². The third-order valence-electron chi connectivity index (χ3n) is 5.09. The number of imidazole rings is 1. The van der Waals surface area contributed by atoms with E-state index in [0.29, 0.717) is 15.6 Å². The van der Waals surface area contributed by atoms with Gasteiger partial charge in [-0.05, 0) is 36.8 Å². The van der Waals surface area contributed by atoms with Crippen LogP contribution < -0.4 is 5.32 Å². The van der Waals surface area contributed by atoms with Gasteiger partial charge in [0.15, 0.2) is 0 Å². The second kappa shape index (κ2) is 6.87. The Kier molecular flexibility index (Phi) is 4.45. The molecule has 0 bridgehead atoms. The molecule has 1 aliphatic heterocycles. The smallest absolute Gasteiger partial charge is 0.319 e. The van der Waals surface area contributed by atoms with E-state index in [1.165, 1.54) is 37.3 Å². The summed E-state index contributed by atoms with van der Waals surface area (Å²) < 4.78 is 28.0. The van der Waals surface area contributed by atoms with Crippen LogP contribution in [-0.4, -0.2) is 31.3 Å². The molecule has 0 unspecified atom stereocenters. The number of para-hydroxylation sites is 2. The highest BCUT2D eigenvalue weighted by molar-refractivity contribution is 6.07. The Morgan fingerprint density at radius 2 is 1.83 bits per heavy atom. The first-order chi connectivity index (χ1) is 14.2. The quantitative estimate of drug-likeness (QED) is 0.391. The van der Waals surface area contributed by atoms with Crippen molar-refractivity contribution < 1.29 is 23.3 Å². The number of hydrogen-bond donors (Lipinski definition) is 1. The standard InChI is InChI=1S/C19H15F2N5O4/c1-19(11-6-8-12(9-7-11)26(29)30)16(27)24(18(28)23-19)10-15-22-13-4-2-3-5-14(13)25(15)17(20)21/h2-9,17H,10H2,1H3,(H,23,28)/t19-/m0/s1. The third kappa shape index (κ3) is 2.95. The number of halogens is 2. The lowest BCUT2D eigenvalue weighted by Crippen LogP contribution is -2.40. The number of urea groups is 1. The second-order valence-corrected chi connectivity index (χ2v) is 6.91. The topological polar surface area (TPSA) is 110 Å². The number of hydrogen-bond acceptors (Lipinski definition) is 5. The van der Waals surface area contributed by atoms with E-state index in [1.807, 2.05) is 0 Å². The molecule has 0 radical (unpaired) electrons. The molecule has 0 spiro atoms. The Morgan fingerprint density at radius 1 is 1.17 bits per heavy atom. The van der Waals surface area contributed by atoms with Gasteiger partial charge >= 0.3 is 12.6 Å². The van der Waals surface area contributed by atoms with Crippen LogP contribution in [-0.2, 0) is 16.9 Å². The maximum absolute atomic E-state index is 13.6. The predicted octanol–water partition coefficient (Wildman–Crippen LogP) is 3.31. The van der Waals surface area contributed by atoms with Gasteiger partial charge in [-0.1, -0.05) is 12.1 Å². The van der Waals surface area contributed by atoms with Crippen LogP contribution in [0, 0.1) is 10.1 Å². The highest BCUT2D eigenvalue weighted by atomic mass is 19.3. The Balaban J connectivity index is 1.68. The van der Waals surface area contributed by atoms with Crippen molar-refractivity contribution in [1.82, 2.24) is 19.8 Å². The molecular formula is C19H15F2N5O4. The van der Waals surface area contributed by atoms with Crippen molar-refractivity contribution in [2.45, 2.75) is 25.6 Å². The molecule has 1 fully saturated rings. The Labute approximate surface area is 168 Å². The van der Waals surface area contributed by atoms with Crippen LogP contribution in [0.25, 0.3) is 11.0 Å². The number of alkyl halides is 2. The molecule has 1 saturated heterocycles. The van der Waals surface area contributed by atoms with Crippen molar-refractivity contribution in [2.75, 3.05) is 0 Å². The number of fused-ring (bicyclic) bond motifs is 1. The Bertz CT molecular complexity index is 1180. The number of rotatable bonds is 5. The summed E-state index contributed by atoms with van der Waals surface area (Å²) in [6, 6.07) is 10.7. The van der Waals surface area contributed by atoms with Gasteiger partial charge in [0.25, 0.3) is 11.6 Å². The maximum atomic E-state index is 13.6. The van der Waals surface area contributed by atoms with Crippen molar-refractivity contribution in [3.05, 3.63) is 70.0 Å². The lowest BCUT2D eigenvalue weighted by atomic mass is 9.92. The minimum atomic E-state index is -2.91. The normalized spacial score (nSPS) is 19.0. The summed E-state index contributed by atoms with van der Waals surface area (Å²) in [6.07, 6.45) is 0. The largest absolute Gasteiger partial charge is 0.325 e. The lowest BCUT2D eigenvalue weighted by molar-refractivity contribution is -0.384. The number of nitro groups is 1. The van der Waals surface area contributed by atoms with Gasteiger partial charge in [-0.15, -0.1) is 0 Å². The number of nitro benzene ring substituents is 1. The number of aromatic nitrogens is 2. The van der Waals surface area contributed by atoms with E-state index in [9.17, 15) is 28.5 Å². The van der Waals surface area contributed by atoms with E-state index in [2.05, 4.69) is 10.3 Å². The molecule has 0 aliphatic carbocycles. The minimum absolute atomic E-state index is 0.136.